The topological polar surface area (TPSA) is 67.2 Å². The van der Waals surface area contributed by atoms with Crippen molar-refractivity contribution in [1.29, 1.82) is 0 Å². The normalized spacial score (nSPS) is 12.4. The smallest absolute Gasteiger partial charge is 0.317 e. The largest absolute Gasteiger partial charge is 0.418 e. The molecule has 0 saturated carbocycles. The molecule has 1 unspecified atom stereocenters. The number of nitrogens with zero attached hydrogens (tertiary/aromatic N) is 3. The van der Waals surface area contributed by atoms with Crippen LogP contribution in [0.5, 0.6) is 0 Å². The van der Waals surface area contributed by atoms with Crippen molar-refractivity contribution in [2.45, 2.75) is 25.6 Å². The van der Waals surface area contributed by atoms with Gasteiger partial charge in [-0.1, -0.05) is 49.4 Å². The molecule has 3 aromatic carbocycles. The summed E-state index contributed by atoms with van der Waals surface area (Å²) in [7, 11) is 1.47. The molecule has 1 heterocycles. The number of fused-ring (bicyclic) bond motifs is 1. The molecule has 4 rings (SSSR count). The minimum absolute atomic E-state index is 0.300. The zero-order valence-electron chi connectivity index (χ0n) is 19.1. The minimum atomic E-state index is -4.62. The third-order valence-electron chi connectivity index (χ3n) is 5.76. The highest BCUT2D eigenvalue weighted by Crippen LogP contribution is 2.35. The second-order valence-electron chi connectivity index (χ2n) is 7.97. The Hall–Kier alpha value is -4.14. The van der Waals surface area contributed by atoms with Crippen LogP contribution in [0.4, 0.5) is 23.7 Å². The molecule has 4 aromatic rings. The van der Waals surface area contributed by atoms with Gasteiger partial charge in [-0.15, -0.1) is 0 Å². The van der Waals surface area contributed by atoms with E-state index in [0.29, 0.717) is 28.8 Å². The van der Waals surface area contributed by atoms with Crippen LogP contribution in [0.2, 0.25) is 0 Å². The Balaban J connectivity index is 1.79. The van der Waals surface area contributed by atoms with Crippen molar-refractivity contribution in [3.63, 3.8) is 0 Å². The van der Waals surface area contributed by atoms with Gasteiger partial charge < -0.3 is 10.2 Å². The molecule has 35 heavy (non-hydrogen) atoms. The van der Waals surface area contributed by atoms with Crippen LogP contribution in [0.3, 0.4) is 0 Å². The van der Waals surface area contributed by atoms with Crippen LogP contribution in [0.15, 0.2) is 83.7 Å². The number of halogens is 3. The molecule has 1 atom stereocenters. The Morgan fingerprint density at radius 2 is 1.63 bits per heavy atom. The third-order valence-corrected chi connectivity index (χ3v) is 5.76. The summed E-state index contributed by atoms with van der Waals surface area (Å²) in [5, 5.41) is 2.78. The molecule has 0 radical (unpaired) electrons. The van der Waals surface area contributed by atoms with Gasteiger partial charge in [-0.25, -0.2) is 9.78 Å². The maximum Gasteiger partial charge on any atom is 0.418 e. The van der Waals surface area contributed by atoms with Gasteiger partial charge in [0.15, 0.2) is 0 Å². The highest BCUT2D eigenvalue weighted by Gasteiger charge is 2.34. The molecular weight excluding hydrogens is 457 g/mol. The fraction of sp³-hybridized carbons (Fsp3) is 0.192. The molecular formula is C26H23F3N4O2. The van der Waals surface area contributed by atoms with Gasteiger partial charge in [0.2, 0.25) is 0 Å². The SMILES string of the molecule is CCC(c1nc2ccccc2c(=O)n1-c1ccccc1)N(C)C(=O)Nc1ccccc1C(F)(F)F. The van der Waals surface area contributed by atoms with Crippen molar-refractivity contribution in [3.8, 4) is 5.69 Å². The van der Waals surface area contributed by atoms with E-state index in [-0.39, 0.29) is 11.2 Å². The number of alkyl halides is 3. The van der Waals surface area contributed by atoms with Gasteiger partial charge in [0.1, 0.15) is 5.82 Å². The van der Waals surface area contributed by atoms with Crippen LogP contribution in [0.1, 0.15) is 30.8 Å². The van der Waals surface area contributed by atoms with Gasteiger partial charge in [-0.05, 0) is 42.8 Å². The lowest BCUT2D eigenvalue weighted by atomic mass is 10.1. The number of aromatic nitrogens is 2. The average Bonchev–Trinajstić information content (AvgIpc) is 2.85. The van der Waals surface area contributed by atoms with Crippen molar-refractivity contribution < 1.29 is 18.0 Å². The summed E-state index contributed by atoms with van der Waals surface area (Å²) in [5.41, 5.74) is -0.556. The lowest BCUT2D eigenvalue weighted by Crippen LogP contribution is -2.38. The Bertz CT molecular complexity index is 1420. The lowest BCUT2D eigenvalue weighted by Gasteiger charge is -2.29. The predicted molar refractivity (Wildman–Crippen MR) is 129 cm³/mol. The Kier molecular flexibility index (Phi) is 6.59. The van der Waals surface area contributed by atoms with Crippen LogP contribution in [-0.2, 0) is 6.18 Å². The zero-order chi connectivity index (χ0) is 25.2. The molecule has 9 heteroatoms. The summed E-state index contributed by atoms with van der Waals surface area (Å²) in [6, 6.07) is 19.1. The summed E-state index contributed by atoms with van der Waals surface area (Å²) in [5.74, 6) is 0.309. The molecule has 0 spiro atoms. The number of urea groups is 1. The second kappa shape index (κ2) is 9.61. The molecule has 180 valence electrons. The molecule has 0 aliphatic heterocycles. The molecule has 1 aromatic heterocycles. The average molecular weight is 480 g/mol. The van der Waals surface area contributed by atoms with Crippen molar-refractivity contribution in [2.75, 3.05) is 12.4 Å². The van der Waals surface area contributed by atoms with Crippen LogP contribution in [0.25, 0.3) is 16.6 Å². The van der Waals surface area contributed by atoms with E-state index in [2.05, 4.69) is 5.32 Å². The highest BCUT2D eigenvalue weighted by atomic mass is 19.4. The fourth-order valence-corrected chi connectivity index (χ4v) is 4.01. The molecule has 0 saturated heterocycles. The maximum absolute atomic E-state index is 13.5. The first-order valence-corrected chi connectivity index (χ1v) is 11.0. The summed E-state index contributed by atoms with van der Waals surface area (Å²) in [6.07, 6.45) is -4.26. The molecule has 0 bridgehead atoms. The van der Waals surface area contributed by atoms with E-state index in [1.54, 1.807) is 48.5 Å². The molecule has 2 amide bonds. The standard InChI is InChI=1S/C26H23F3N4O2/c1-3-22(32(2)25(35)31-21-16-10-8-14-19(21)26(27,28)29)23-30-20-15-9-7-13-18(20)24(34)33(23)17-11-5-4-6-12-17/h4-16,22H,3H2,1-2H3,(H,31,35). The van der Waals surface area contributed by atoms with Crippen molar-refractivity contribution in [1.82, 2.24) is 14.5 Å². The second-order valence-corrected chi connectivity index (χ2v) is 7.97. The van der Waals surface area contributed by atoms with E-state index < -0.39 is 23.8 Å². The first-order chi connectivity index (χ1) is 16.7. The fourth-order valence-electron chi connectivity index (χ4n) is 4.01. The van der Waals surface area contributed by atoms with E-state index in [0.717, 1.165) is 6.07 Å². The first-order valence-electron chi connectivity index (χ1n) is 11.0. The number of benzene rings is 3. The van der Waals surface area contributed by atoms with E-state index in [1.807, 2.05) is 13.0 Å². The van der Waals surface area contributed by atoms with E-state index in [1.165, 1.54) is 34.7 Å². The lowest BCUT2D eigenvalue weighted by molar-refractivity contribution is -0.136. The van der Waals surface area contributed by atoms with Gasteiger partial charge in [0.05, 0.1) is 33.9 Å². The van der Waals surface area contributed by atoms with Gasteiger partial charge in [0.25, 0.3) is 5.56 Å². The summed E-state index contributed by atoms with van der Waals surface area (Å²) < 4.78 is 41.7. The molecule has 0 fully saturated rings. The number of hydrogen-bond acceptors (Lipinski definition) is 3. The van der Waals surface area contributed by atoms with Crippen molar-refractivity contribution >= 4 is 22.6 Å². The highest BCUT2D eigenvalue weighted by molar-refractivity contribution is 5.90. The molecule has 1 N–H and O–H groups in total. The van der Waals surface area contributed by atoms with Crippen molar-refractivity contribution in [2.24, 2.45) is 0 Å². The number of carbonyl (C=O) groups excluding carboxylic acids is 1. The van der Waals surface area contributed by atoms with Crippen LogP contribution < -0.4 is 10.9 Å². The van der Waals surface area contributed by atoms with E-state index in [4.69, 9.17) is 4.98 Å². The summed E-state index contributed by atoms with van der Waals surface area (Å²) in [4.78, 5) is 32.6. The van der Waals surface area contributed by atoms with Gasteiger partial charge in [0, 0.05) is 7.05 Å². The van der Waals surface area contributed by atoms with E-state index in [9.17, 15) is 22.8 Å². The van der Waals surface area contributed by atoms with Gasteiger partial charge >= 0.3 is 12.2 Å². The predicted octanol–water partition coefficient (Wildman–Crippen LogP) is 6.02. The van der Waals surface area contributed by atoms with E-state index >= 15 is 0 Å². The third kappa shape index (κ3) is 4.75. The quantitative estimate of drug-likeness (QED) is 0.380. The van der Waals surface area contributed by atoms with Crippen LogP contribution in [0, 0.1) is 0 Å². The number of anilines is 1. The van der Waals surface area contributed by atoms with Gasteiger partial charge in [-0.2, -0.15) is 13.2 Å². The summed E-state index contributed by atoms with van der Waals surface area (Å²) >= 11 is 0. The number of nitrogens with one attached hydrogen (secondary N) is 1. The number of hydrogen-bond donors (Lipinski definition) is 1. The Labute approximate surface area is 199 Å². The number of rotatable bonds is 5. The number of carbonyl (C=O) groups is 1. The van der Waals surface area contributed by atoms with Crippen molar-refractivity contribution in [3.05, 3.63) is 101 Å². The maximum atomic E-state index is 13.5. The molecule has 6 nitrogen and oxygen atoms in total. The number of para-hydroxylation sites is 3. The van der Waals surface area contributed by atoms with Crippen LogP contribution >= 0.6 is 0 Å². The number of amides is 2. The molecule has 0 aliphatic rings. The minimum Gasteiger partial charge on any atom is -0.317 e. The Morgan fingerprint density at radius 3 is 2.31 bits per heavy atom. The monoisotopic (exact) mass is 480 g/mol. The van der Waals surface area contributed by atoms with Crippen LogP contribution in [-0.4, -0.2) is 27.5 Å². The summed E-state index contributed by atoms with van der Waals surface area (Å²) in [6.45, 7) is 1.81. The zero-order valence-corrected chi connectivity index (χ0v) is 19.1. The van der Waals surface area contributed by atoms with Gasteiger partial charge in [-0.3, -0.25) is 9.36 Å². The molecule has 0 aliphatic carbocycles. The first kappa shape index (κ1) is 24.0. The Morgan fingerprint density at radius 1 is 1.00 bits per heavy atom.